The molecule has 13 aromatic rings. The standard InChI is InChI=1S/C64H41NO2/c1-5-15-42(16-6-1)44-25-31-50(32-26-44)65(52-35-38-55-54-36-29-49(43-17-7-2-8-18-43)40-59(54)66-60(55)41-52)51-33-27-45(28-34-51)48-30-37-56-58(39-48)53-23-13-14-24-57(53)64-62(56)61(46-19-9-3-10-20-46)63(67-64)47-21-11-4-12-22-47/h1-41H. The fraction of sp³-hybridized carbons (Fsp3) is 0. The molecule has 2 aromatic heterocycles. The molecular formula is C64H41NO2. The van der Waals surface area contributed by atoms with Gasteiger partial charge in [0, 0.05) is 55.8 Å². The molecule has 67 heavy (non-hydrogen) atoms. The van der Waals surface area contributed by atoms with Crippen LogP contribution in [0.1, 0.15) is 0 Å². The topological polar surface area (TPSA) is 29.5 Å². The molecule has 0 radical (unpaired) electrons. The van der Waals surface area contributed by atoms with Crippen molar-refractivity contribution >= 4 is 71.5 Å². The van der Waals surface area contributed by atoms with Gasteiger partial charge < -0.3 is 13.7 Å². The molecule has 0 aliphatic heterocycles. The highest BCUT2D eigenvalue weighted by Gasteiger charge is 2.23. The molecular weight excluding hydrogens is 815 g/mol. The van der Waals surface area contributed by atoms with Crippen LogP contribution in [0.15, 0.2) is 258 Å². The molecule has 0 unspecified atom stereocenters. The van der Waals surface area contributed by atoms with Crippen molar-refractivity contribution in [2.24, 2.45) is 0 Å². The van der Waals surface area contributed by atoms with Gasteiger partial charge in [-0.2, -0.15) is 0 Å². The lowest BCUT2D eigenvalue weighted by Crippen LogP contribution is -2.09. The number of anilines is 3. The van der Waals surface area contributed by atoms with Crippen molar-refractivity contribution in [2.75, 3.05) is 4.90 Å². The predicted octanol–water partition coefficient (Wildman–Crippen LogP) is 18.4. The van der Waals surface area contributed by atoms with Gasteiger partial charge in [0.25, 0.3) is 0 Å². The number of benzene rings is 11. The maximum atomic E-state index is 6.96. The molecule has 0 saturated heterocycles. The maximum absolute atomic E-state index is 6.96. The highest BCUT2D eigenvalue weighted by Crippen LogP contribution is 2.48. The number of nitrogens with zero attached hydrogens (tertiary/aromatic N) is 1. The lowest BCUT2D eigenvalue weighted by Gasteiger charge is -2.26. The van der Waals surface area contributed by atoms with Crippen molar-refractivity contribution in [3.05, 3.63) is 249 Å². The zero-order valence-electron chi connectivity index (χ0n) is 36.4. The zero-order chi connectivity index (χ0) is 44.3. The molecule has 0 saturated carbocycles. The van der Waals surface area contributed by atoms with E-state index >= 15 is 0 Å². The number of hydrogen-bond donors (Lipinski definition) is 0. The molecule has 0 atom stereocenters. The van der Waals surface area contributed by atoms with E-state index in [-0.39, 0.29) is 0 Å². The van der Waals surface area contributed by atoms with Crippen LogP contribution in [0.25, 0.3) is 110 Å². The summed E-state index contributed by atoms with van der Waals surface area (Å²) in [6, 6.07) is 88.6. The SMILES string of the molecule is c1ccc(-c2ccc(N(c3ccc(-c4ccc5c(c4)c4ccccc4c4oc(-c6ccccc6)c(-c6ccccc6)c54)cc3)c3ccc4c(c3)oc3cc(-c5ccccc5)ccc34)cc2)cc1. The maximum Gasteiger partial charge on any atom is 0.143 e. The Bertz CT molecular complexity index is 3930. The summed E-state index contributed by atoms with van der Waals surface area (Å²) >= 11 is 0. The molecule has 0 aliphatic rings. The third-order valence-electron chi connectivity index (χ3n) is 13.3. The van der Waals surface area contributed by atoms with Crippen LogP contribution in [0, 0.1) is 0 Å². The van der Waals surface area contributed by atoms with E-state index in [0.29, 0.717) is 0 Å². The second-order valence-electron chi connectivity index (χ2n) is 17.2. The Morgan fingerprint density at radius 3 is 1.31 bits per heavy atom. The van der Waals surface area contributed by atoms with Gasteiger partial charge in [0.15, 0.2) is 0 Å². The van der Waals surface area contributed by atoms with E-state index in [1.165, 1.54) is 32.8 Å². The number of fused-ring (bicyclic) bond motifs is 9. The summed E-state index contributed by atoms with van der Waals surface area (Å²) in [7, 11) is 0. The van der Waals surface area contributed by atoms with Crippen molar-refractivity contribution in [2.45, 2.75) is 0 Å². The molecule has 3 heteroatoms. The first-order valence-corrected chi connectivity index (χ1v) is 22.8. The van der Waals surface area contributed by atoms with E-state index in [4.69, 9.17) is 8.83 Å². The molecule has 0 aliphatic carbocycles. The van der Waals surface area contributed by atoms with Crippen LogP contribution in [0.5, 0.6) is 0 Å². The summed E-state index contributed by atoms with van der Waals surface area (Å²) < 4.78 is 13.6. The number of furan rings is 2. The van der Waals surface area contributed by atoms with Gasteiger partial charge in [-0.15, -0.1) is 0 Å². The monoisotopic (exact) mass is 855 g/mol. The summed E-state index contributed by atoms with van der Waals surface area (Å²) in [4.78, 5) is 2.32. The summed E-state index contributed by atoms with van der Waals surface area (Å²) in [6.45, 7) is 0. The minimum atomic E-state index is 0.849. The molecule has 0 spiro atoms. The fourth-order valence-corrected chi connectivity index (χ4v) is 10.0. The van der Waals surface area contributed by atoms with Crippen LogP contribution in [-0.4, -0.2) is 0 Å². The van der Waals surface area contributed by atoms with Gasteiger partial charge in [-0.05, 0) is 110 Å². The molecule has 2 heterocycles. The van der Waals surface area contributed by atoms with Gasteiger partial charge >= 0.3 is 0 Å². The molecule has 13 rings (SSSR count). The Morgan fingerprint density at radius 1 is 0.254 bits per heavy atom. The van der Waals surface area contributed by atoms with Crippen LogP contribution in [0.3, 0.4) is 0 Å². The average Bonchev–Trinajstić information content (AvgIpc) is 3.99. The van der Waals surface area contributed by atoms with Gasteiger partial charge in [-0.3, -0.25) is 0 Å². The second kappa shape index (κ2) is 16.0. The lowest BCUT2D eigenvalue weighted by molar-refractivity contribution is 0.636. The largest absolute Gasteiger partial charge is 0.456 e. The van der Waals surface area contributed by atoms with Crippen LogP contribution in [-0.2, 0) is 0 Å². The Hall–Kier alpha value is -8.92. The second-order valence-corrected chi connectivity index (χ2v) is 17.2. The zero-order valence-corrected chi connectivity index (χ0v) is 36.4. The predicted molar refractivity (Wildman–Crippen MR) is 280 cm³/mol. The number of hydrogen-bond acceptors (Lipinski definition) is 3. The minimum absolute atomic E-state index is 0.849. The molecule has 3 nitrogen and oxygen atoms in total. The van der Waals surface area contributed by atoms with Gasteiger partial charge in [0.05, 0.1) is 0 Å². The van der Waals surface area contributed by atoms with Crippen molar-refractivity contribution in [1.82, 2.24) is 0 Å². The van der Waals surface area contributed by atoms with Crippen molar-refractivity contribution in [1.29, 1.82) is 0 Å². The van der Waals surface area contributed by atoms with Crippen LogP contribution < -0.4 is 4.90 Å². The first-order valence-electron chi connectivity index (χ1n) is 22.8. The Balaban J connectivity index is 0.931. The first-order chi connectivity index (χ1) is 33.2. The van der Waals surface area contributed by atoms with Crippen molar-refractivity contribution in [3.63, 3.8) is 0 Å². The Kier molecular flexibility index (Phi) is 9.17. The Morgan fingerprint density at radius 2 is 0.687 bits per heavy atom. The van der Waals surface area contributed by atoms with E-state index in [1.807, 2.05) is 6.07 Å². The third kappa shape index (κ3) is 6.67. The van der Waals surface area contributed by atoms with Crippen LogP contribution in [0.2, 0.25) is 0 Å². The minimum Gasteiger partial charge on any atom is -0.456 e. The van der Waals surface area contributed by atoms with Gasteiger partial charge in [-0.1, -0.05) is 188 Å². The van der Waals surface area contributed by atoms with Crippen LogP contribution in [0.4, 0.5) is 17.1 Å². The molecule has 0 N–H and O–H groups in total. The van der Waals surface area contributed by atoms with Gasteiger partial charge in [0.1, 0.15) is 22.5 Å². The van der Waals surface area contributed by atoms with E-state index in [1.54, 1.807) is 0 Å². The summed E-state index contributed by atoms with van der Waals surface area (Å²) in [5.41, 5.74) is 16.0. The molecule has 0 fully saturated rings. The first kappa shape index (κ1) is 38.5. The van der Waals surface area contributed by atoms with Crippen LogP contribution >= 0.6 is 0 Å². The molecule has 0 bridgehead atoms. The fourth-order valence-electron chi connectivity index (χ4n) is 10.0. The van der Waals surface area contributed by atoms with E-state index in [9.17, 15) is 0 Å². The normalized spacial score (nSPS) is 11.6. The summed E-state index contributed by atoms with van der Waals surface area (Å²) in [5, 5.41) is 7.96. The summed E-state index contributed by atoms with van der Waals surface area (Å²) in [6.07, 6.45) is 0. The Labute approximate surface area is 388 Å². The lowest BCUT2D eigenvalue weighted by atomic mass is 9.91. The number of rotatable bonds is 8. The van der Waals surface area contributed by atoms with E-state index < -0.39 is 0 Å². The quantitative estimate of drug-likeness (QED) is 0.143. The summed E-state index contributed by atoms with van der Waals surface area (Å²) in [5.74, 6) is 0.884. The molecule has 314 valence electrons. The smallest absolute Gasteiger partial charge is 0.143 e. The van der Waals surface area contributed by atoms with Gasteiger partial charge in [-0.25, -0.2) is 0 Å². The van der Waals surface area contributed by atoms with Gasteiger partial charge in [0.2, 0.25) is 0 Å². The average molecular weight is 856 g/mol. The molecule has 11 aromatic carbocycles. The highest BCUT2D eigenvalue weighted by molar-refractivity contribution is 6.29. The third-order valence-corrected chi connectivity index (χ3v) is 13.3. The van der Waals surface area contributed by atoms with E-state index in [0.717, 1.165) is 94.5 Å². The highest BCUT2D eigenvalue weighted by atomic mass is 16.3. The van der Waals surface area contributed by atoms with Crippen molar-refractivity contribution < 1.29 is 8.83 Å². The van der Waals surface area contributed by atoms with E-state index in [2.05, 4.69) is 248 Å². The van der Waals surface area contributed by atoms with Crippen molar-refractivity contribution in [3.8, 4) is 55.8 Å². The molecule has 0 amide bonds.